The minimum absolute atomic E-state index is 0.270. The number of rotatable bonds is 6. The average Bonchev–Trinajstić information content (AvgIpc) is 3.09. The van der Waals surface area contributed by atoms with Gasteiger partial charge in [-0.2, -0.15) is 0 Å². The van der Waals surface area contributed by atoms with Crippen molar-refractivity contribution < 1.29 is 24.3 Å². The van der Waals surface area contributed by atoms with Gasteiger partial charge in [-0.3, -0.25) is 14.4 Å². The van der Waals surface area contributed by atoms with Crippen molar-refractivity contribution >= 4 is 23.7 Å². The maximum atomic E-state index is 12.3. The van der Waals surface area contributed by atoms with E-state index < -0.39 is 29.9 Å². The molecule has 1 aliphatic rings. The predicted octanol–water partition coefficient (Wildman–Crippen LogP) is -0.00330. The molecule has 1 heterocycles. The molecule has 8 heteroatoms. The summed E-state index contributed by atoms with van der Waals surface area (Å²) in [6, 6.07) is 6.75. The topological polar surface area (TPSA) is 116 Å². The SMILES string of the molecule is C[C@H](NC(=O)CNC(=O)c1ccccc1)C(=O)N1CCC[C@H]1C(=O)O. The Balaban J connectivity index is 1.82. The van der Waals surface area contributed by atoms with E-state index in [1.54, 1.807) is 30.3 Å². The second-order valence-corrected chi connectivity index (χ2v) is 5.87. The molecule has 0 spiro atoms. The number of carbonyl (C=O) groups is 4. The first-order chi connectivity index (χ1) is 11.9. The largest absolute Gasteiger partial charge is 0.480 e. The minimum Gasteiger partial charge on any atom is -0.480 e. The third kappa shape index (κ3) is 4.79. The minimum atomic E-state index is -1.04. The Morgan fingerprint density at radius 1 is 1.24 bits per heavy atom. The molecule has 25 heavy (non-hydrogen) atoms. The van der Waals surface area contributed by atoms with Crippen LogP contribution in [-0.4, -0.2) is 58.9 Å². The van der Waals surface area contributed by atoms with Crippen LogP contribution in [0.5, 0.6) is 0 Å². The van der Waals surface area contributed by atoms with Crippen LogP contribution in [0.2, 0.25) is 0 Å². The second-order valence-electron chi connectivity index (χ2n) is 5.87. The number of likely N-dealkylation sites (tertiary alicyclic amines) is 1. The van der Waals surface area contributed by atoms with Gasteiger partial charge in [-0.15, -0.1) is 0 Å². The summed E-state index contributed by atoms with van der Waals surface area (Å²) in [4.78, 5) is 48.5. The number of aliphatic carboxylic acids is 1. The Morgan fingerprint density at radius 2 is 1.92 bits per heavy atom. The highest BCUT2D eigenvalue weighted by Crippen LogP contribution is 2.18. The van der Waals surface area contributed by atoms with Crippen LogP contribution >= 0.6 is 0 Å². The van der Waals surface area contributed by atoms with Crippen molar-refractivity contribution in [1.82, 2.24) is 15.5 Å². The van der Waals surface area contributed by atoms with Gasteiger partial charge in [0.05, 0.1) is 6.54 Å². The van der Waals surface area contributed by atoms with Crippen LogP contribution in [0.4, 0.5) is 0 Å². The standard InChI is InChI=1S/C17H21N3O5/c1-11(16(23)20-9-5-8-13(20)17(24)25)19-14(21)10-18-15(22)12-6-3-2-4-7-12/h2-4,6-7,11,13H,5,8-10H2,1H3,(H,18,22)(H,19,21)(H,24,25)/t11-,13-/m0/s1. The van der Waals surface area contributed by atoms with Gasteiger partial charge < -0.3 is 20.6 Å². The van der Waals surface area contributed by atoms with Crippen LogP contribution in [-0.2, 0) is 14.4 Å². The van der Waals surface area contributed by atoms with E-state index >= 15 is 0 Å². The Bertz CT molecular complexity index is 662. The molecule has 0 saturated carbocycles. The van der Waals surface area contributed by atoms with Gasteiger partial charge in [0, 0.05) is 12.1 Å². The van der Waals surface area contributed by atoms with Gasteiger partial charge in [0.15, 0.2) is 0 Å². The number of carboxylic acids is 1. The van der Waals surface area contributed by atoms with Gasteiger partial charge in [0.2, 0.25) is 11.8 Å². The fourth-order valence-electron chi connectivity index (χ4n) is 2.74. The maximum Gasteiger partial charge on any atom is 0.326 e. The van der Waals surface area contributed by atoms with E-state index in [0.717, 1.165) is 0 Å². The van der Waals surface area contributed by atoms with Gasteiger partial charge >= 0.3 is 5.97 Å². The van der Waals surface area contributed by atoms with Gasteiger partial charge in [-0.25, -0.2) is 4.79 Å². The van der Waals surface area contributed by atoms with Crippen LogP contribution < -0.4 is 10.6 Å². The summed E-state index contributed by atoms with van der Waals surface area (Å²) in [6.45, 7) is 1.59. The highest BCUT2D eigenvalue weighted by Gasteiger charge is 2.36. The molecule has 3 N–H and O–H groups in total. The number of nitrogens with zero attached hydrogens (tertiary/aromatic N) is 1. The number of carbonyl (C=O) groups excluding carboxylic acids is 3. The van der Waals surface area contributed by atoms with Gasteiger partial charge in [-0.1, -0.05) is 18.2 Å². The molecule has 0 unspecified atom stereocenters. The number of hydrogen-bond donors (Lipinski definition) is 3. The summed E-state index contributed by atoms with van der Waals surface area (Å²) in [5.74, 6) is -2.39. The third-order valence-corrected chi connectivity index (χ3v) is 4.01. The maximum absolute atomic E-state index is 12.3. The summed E-state index contributed by atoms with van der Waals surface area (Å²) < 4.78 is 0. The van der Waals surface area contributed by atoms with E-state index in [4.69, 9.17) is 5.11 Å². The first kappa shape index (κ1) is 18.4. The normalized spacial score (nSPS) is 17.6. The van der Waals surface area contributed by atoms with E-state index in [1.807, 2.05) is 0 Å². The molecule has 2 rings (SSSR count). The number of carboxylic acid groups (broad SMARTS) is 1. The molecule has 1 fully saturated rings. The number of benzene rings is 1. The first-order valence-electron chi connectivity index (χ1n) is 8.06. The summed E-state index contributed by atoms with van der Waals surface area (Å²) in [7, 11) is 0. The molecule has 3 amide bonds. The number of amides is 3. The van der Waals surface area contributed by atoms with Crippen LogP contribution in [0.15, 0.2) is 30.3 Å². The number of nitrogens with one attached hydrogen (secondary N) is 2. The highest BCUT2D eigenvalue weighted by atomic mass is 16.4. The lowest BCUT2D eigenvalue weighted by molar-refractivity contribution is -0.149. The highest BCUT2D eigenvalue weighted by molar-refractivity contribution is 5.97. The van der Waals surface area contributed by atoms with E-state index in [9.17, 15) is 19.2 Å². The Morgan fingerprint density at radius 3 is 2.56 bits per heavy atom. The van der Waals surface area contributed by atoms with Crippen molar-refractivity contribution in [2.24, 2.45) is 0 Å². The first-order valence-corrected chi connectivity index (χ1v) is 8.06. The zero-order valence-electron chi connectivity index (χ0n) is 13.9. The Kier molecular flexibility index (Phi) is 6.10. The lowest BCUT2D eigenvalue weighted by Gasteiger charge is -2.25. The summed E-state index contributed by atoms with van der Waals surface area (Å²) in [5.41, 5.74) is 0.431. The van der Waals surface area contributed by atoms with Gasteiger partial charge in [0.1, 0.15) is 12.1 Å². The fourth-order valence-corrected chi connectivity index (χ4v) is 2.74. The molecule has 134 valence electrons. The Hall–Kier alpha value is -2.90. The lowest BCUT2D eigenvalue weighted by Crippen LogP contribution is -2.51. The van der Waals surface area contributed by atoms with E-state index in [2.05, 4.69) is 10.6 Å². The predicted molar refractivity (Wildman–Crippen MR) is 88.8 cm³/mol. The Labute approximate surface area is 145 Å². The molecule has 0 bridgehead atoms. The molecule has 1 saturated heterocycles. The third-order valence-electron chi connectivity index (χ3n) is 4.01. The molecule has 1 aliphatic heterocycles. The summed E-state index contributed by atoms with van der Waals surface area (Å²) >= 11 is 0. The van der Waals surface area contributed by atoms with Crippen molar-refractivity contribution in [2.75, 3.05) is 13.1 Å². The van der Waals surface area contributed by atoms with Crippen molar-refractivity contribution in [3.8, 4) is 0 Å². The molecule has 0 aromatic heterocycles. The molecule has 1 aromatic rings. The van der Waals surface area contributed by atoms with E-state index in [1.165, 1.54) is 11.8 Å². The molecular weight excluding hydrogens is 326 g/mol. The van der Waals surface area contributed by atoms with E-state index in [0.29, 0.717) is 24.9 Å². The molecule has 1 aromatic carbocycles. The van der Waals surface area contributed by atoms with Crippen LogP contribution in [0.25, 0.3) is 0 Å². The molecule has 0 aliphatic carbocycles. The fraction of sp³-hybridized carbons (Fsp3) is 0.412. The van der Waals surface area contributed by atoms with Crippen LogP contribution in [0, 0.1) is 0 Å². The van der Waals surface area contributed by atoms with Crippen molar-refractivity contribution in [3.05, 3.63) is 35.9 Å². The summed E-state index contributed by atoms with van der Waals surface area (Å²) in [6.07, 6.45) is 1.03. The van der Waals surface area contributed by atoms with Crippen LogP contribution in [0.3, 0.4) is 0 Å². The van der Waals surface area contributed by atoms with Crippen LogP contribution in [0.1, 0.15) is 30.1 Å². The second kappa shape index (κ2) is 8.27. The summed E-state index contributed by atoms with van der Waals surface area (Å²) in [5, 5.41) is 14.1. The molecule has 2 atom stereocenters. The van der Waals surface area contributed by atoms with Crippen molar-refractivity contribution in [1.29, 1.82) is 0 Å². The zero-order chi connectivity index (χ0) is 18.4. The zero-order valence-corrected chi connectivity index (χ0v) is 13.9. The number of hydrogen-bond acceptors (Lipinski definition) is 4. The van der Waals surface area contributed by atoms with Gasteiger partial charge in [0.25, 0.3) is 5.91 Å². The molecular formula is C17H21N3O5. The molecule has 8 nitrogen and oxygen atoms in total. The quantitative estimate of drug-likeness (QED) is 0.670. The van der Waals surface area contributed by atoms with Gasteiger partial charge in [-0.05, 0) is 31.9 Å². The van der Waals surface area contributed by atoms with E-state index in [-0.39, 0.29) is 12.5 Å². The monoisotopic (exact) mass is 347 g/mol. The van der Waals surface area contributed by atoms with Crippen molar-refractivity contribution in [2.45, 2.75) is 31.8 Å². The lowest BCUT2D eigenvalue weighted by atomic mass is 10.2. The smallest absolute Gasteiger partial charge is 0.326 e. The molecule has 0 radical (unpaired) electrons. The van der Waals surface area contributed by atoms with Crippen molar-refractivity contribution in [3.63, 3.8) is 0 Å². The average molecular weight is 347 g/mol.